The first-order valence-electron chi connectivity index (χ1n) is 14.3. The number of benzene rings is 2. The second-order valence-electron chi connectivity index (χ2n) is 9.27. The monoisotopic (exact) mass is 545 g/mol. The van der Waals surface area contributed by atoms with Crippen molar-refractivity contribution in [3.05, 3.63) is 91.0 Å². The van der Waals surface area contributed by atoms with Crippen LogP contribution in [0, 0.1) is 0 Å². The largest absolute Gasteiger partial charge is 0.356 e. The molecule has 0 saturated carbocycles. The zero-order valence-corrected chi connectivity index (χ0v) is 21.8. The fourth-order valence-electron chi connectivity index (χ4n) is 4.83. The number of nitrogens with one attached hydrogen (secondary N) is 1. The van der Waals surface area contributed by atoms with Crippen LogP contribution in [0.5, 0.6) is 0 Å². The Balaban J connectivity index is 1.32. The van der Waals surface area contributed by atoms with Gasteiger partial charge in [-0.1, -0.05) is 36.3 Å². The molecule has 0 unspecified atom stereocenters. The molecule has 1 aliphatic heterocycles. The first-order valence-corrected chi connectivity index (χ1v) is 13.8. The zero-order chi connectivity index (χ0) is 30.5. The Bertz CT molecular complexity index is 1970. The van der Waals surface area contributed by atoms with Gasteiger partial charge in [0, 0.05) is 55.3 Å². The molecule has 3 aromatic heterocycles. The predicted molar refractivity (Wildman–Crippen MR) is 148 cm³/mol. The Morgan fingerprint density at radius 3 is 2.59 bits per heavy atom. The van der Waals surface area contributed by atoms with Crippen LogP contribution >= 0.6 is 0 Å². The van der Waals surface area contributed by atoms with Crippen LogP contribution in [0.2, 0.25) is 0 Å². The van der Waals surface area contributed by atoms with Crippen LogP contribution in [0.25, 0.3) is 22.2 Å². The van der Waals surface area contributed by atoms with Crippen LogP contribution in [0.15, 0.2) is 90.4 Å². The van der Waals surface area contributed by atoms with Gasteiger partial charge in [0.15, 0.2) is 5.65 Å². The van der Waals surface area contributed by atoms with Gasteiger partial charge in [-0.3, -0.25) is 9.48 Å². The van der Waals surface area contributed by atoms with Crippen LogP contribution in [0.3, 0.4) is 0 Å². The SMILES string of the molecule is [2H]c1cc(C(=O)NC2CCN(c3ncnc4c3c(-c3cnn(C)c3)cn4S(=O)(=O)c3ccccc3)CC2)c([2H])c([2H])c1[2H]. The molecule has 0 radical (unpaired) electrons. The van der Waals surface area contributed by atoms with Crippen molar-refractivity contribution in [3.8, 4) is 11.1 Å². The Morgan fingerprint density at radius 1 is 1.05 bits per heavy atom. The molecule has 0 aliphatic carbocycles. The molecular weight excluding hydrogens is 514 g/mol. The summed E-state index contributed by atoms with van der Waals surface area (Å²) in [6.45, 7) is 0.986. The second kappa shape index (κ2) is 9.99. The van der Waals surface area contributed by atoms with E-state index in [1.807, 2.05) is 4.90 Å². The summed E-state index contributed by atoms with van der Waals surface area (Å²) in [5.74, 6) is 0.00440. The van der Waals surface area contributed by atoms with Gasteiger partial charge in [0.1, 0.15) is 12.1 Å². The van der Waals surface area contributed by atoms with Crippen LogP contribution in [-0.2, 0) is 17.1 Å². The van der Waals surface area contributed by atoms with Gasteiger partial charge in [-0.25, -0.2) is 22.4 Å². The number of aryl methyl sites for hydroxylation is 1. The Hall–Kier alpha value is -4.51. The van der Waals surface area contributed by atoms with E-state index in [2.05, 4.69) is 20.4 Å². The van der Waals surface area contributed by atoms with E-state index in [0.717, 1.165) is 6.07 Å². The normalized spacial score (nSPS) is 16.0. The second-order valence-corrected chi connectivity index (χ2v) is 11.1. The molecule has 2 aromatic carbocycles. The van der Waals surface area contributed by atoms with Gasteiger partial charge in [0.2, 0.25) is 0 Å². The molecule has 1 fully saturated rings. The minimum atomic E-state index is -3.98. The van der Waals surface area contributed by atoms with Crippen LogP contribution in [-0.4, -0.2) is 57.2 Å². The third kappa shape index (κ3) is 4.65. The summed E-state index contributed by atoms with van der Waals surface area (Å²) >= 11 is 0. The number of carbonyl (C=O) groups excluding carboxylic acids is 1. The van der Waals surface area contributed by atoms with Crippen molar-refractivity contribution < 1.29 is 18.7 Å². The van der Waals surface area contributed by atoms with Gasteiger partial charge in [0.25, 0.3) is 15.9 Å². The molecule has 1 aliphatic rings. The molecule has 0 bridgehead atoms. The number of amides is 1. The lowest BCUT2D eigenvalue weighted by molar-refractivity contribution is 0.0931. The van der Waals surface area contributed by atoms with Gasteiger partial charge >= 0.3 is 0 Å². The molecule has 6 rings (SSSR count). The molecular formula is C28H27N7O3S. The maximum atomic E-state index is 13.7. The van der Waals surface area contributed by atoms with E-state index in [0.29, 0.717) is 48.3 Å². The number of fused-ring (bicyclic) bond motifs is 1. The number of hydrogen-bond donors (Lipinski definition) is 1. The molecule has 10 nitrogen and oxygen atoms in total. The van der Waals surface area contributed by atoms with Crippen LogP contribution in [0.4, 0.5) is 5.82 Å². The quantitative estimate of drug-likeness (QED) is 0.347. The smallest absolute Gasteiger partial charge is 0.269 e. The van der Waals surface area contributed by atoms with Crippen molar-refractivity contribution in [1.82, 2.24) is 29.0 Å². The molecule has 5 aromatic rings. The van der Waals surface area contributed by atoms with Crippen molar-refractivity contribution in [2.75, 3.05) is 18.0 Å². The molecule has 0 atom stereocenters. The first-order chi connectivity index (χ1) is 20.6. The summed E-state index contributed by atoms with van der Waals surface area (Å²) < 4.78 is 61.7. The Morgan fingerprint density at radius 2 is 1.85 bits per heavy atom. The molecule has 1 saturated heterocycles. The van der Waals surface area contributed by atoms with Gasteiger partial charge < -0.3 is 10.2 Å². The third-order valence-corrected chi connectivity index (χ3v) is 8.43. The van der Waals surface area contributed by atoms with Crippen molar-refractivity contribution in [3.63, 3.8) is 0 Å². The van der Waals surface area contributed by atoms with E-state index in [1.54, 1.807) is 48.5 Å². The number of aromatic nitrogens is 5. The average molecular weight is 546 g/mol. The molecule has 39 heavy (non-hydrogen) atoms. The highest BCUT2D eigenvalue weighted by atomic mass is 32.2. The lowest BCUT2D eigenvalue weighted by Gasteiger charge is -2.33. The number of anilines is 1. The molecule has 11 heteroatoms. The van der Waals surface area contributed by atoms with Gasteiger partial charge in [-0.05, 0) is 37.1 Å². The number of hydrogen-bond acceptors (Lipinski definition) is 7. The van der Waals surface area contributed by atoms with E-state index in [1.165, 1.54) is 22.4 Å². The summed E-state index contributed by atoms with van der Waals surface area (Å²) in [6, 6.07) is 7.56. The number of carbonyl (C=O) groups is 1. The number of rotatable bonds is 6. The van der Waals surface area contributed by atoms with Gasteiger partial charge in [-0.15, -0.1) is 0 Å². The fraction of sp³-hybridized carbons (Fsp3) is 0.214. The predicted octanol–water partition coefficient (Wildman–Crippen LogP) is 3.47. The highest BCUT2D eigenvalue weighted by Gasteiger charge is 2.29. The van der Waals surface area contributed by atoms with E-state index in [4.69, 9.17) is 5.48 Å². The Kier molecular flexibility index (Phi) is 5.24. The maximum absolute atomic E-state index is 13.7. The lowest BCUT2D eigenvalue weighted by Crippen LogP contribution is -2.45. The summed E-state index contributed by atoms with van der Waals surface area (Å²) in [5.41, 5.74) is 1.46. The van der Waals surface area contributed by atoms with Gasteiger partial charge in [0.05, 0.1) is 22.0 Å². The molecule has 0 spiro atoms. The summed E-state index contributed by atoms with van der Waals surface area (Å²) in [6.07, 6.45) is 7.42. The third-order valence-electron chi connectivity index (χ3n) is 6.77. The molecule has 4 heterocycles. The van der Waals surface area contributed by atoms with Crippen molar-refractivity contribution in [2.24, 2.45) is 7.05 Å². The standard InChI is InChI=1S/C28H27N7O3S/c1-33-17-21(16-31-33)24-18-35(39(37,38)23-10-6-3-7-11-23)27-25(24)26(29-19-30-27)34-14-12-22(13-15-34)32-28(36)20-8-4-2-5-9-20/h2-11,16-19,22H,12-15H2,1H3,(H,32,36)/i2D,4D,5D,8D. The van der Waals surface area contributed by atoms with E-state index >= 15 is 0 Å². The maximum Gasteiger partial charge on any atom is 0.269 e. The minimum absolute atomic E-state index is 0.104. The van der Waals surface area contributed by atoms with E-state index in [9.17, 15) is 13.2 Å². The lowest BCUT2D eigenvalue weighted by atomic mass is 10.0. The topological polar surface area (TPSA) is 115 Å². The Labute approximate surface area is 231 Å². The number of nitrogens with zero attached hydrogens (tertiary/aromatic N) is 6. The van der Waals surface area contributed by atoms with Crippen LogP contribution < -0.4 is 10.2 Å². The minimum Gasteiger partial charge on any atom is -0.356 e. The highest BCUT2D eigenvalue weighted by Crippen LogP contribution is 2.37. The summed E-state index contributed by atoms with van der Waals surface area (Å²) in [4.78, 5) is 24.1. The molecule has 1 N–H and O–H groups in total. The summed E-state index contributed by atoms with van der Waals surface area (Å²) in [5, 5.41) is 7.74. The van der Waals surface area contributed by atoms with E-state index in [-0.39, 0.29) is 40.3 Å². The average Bonchev–Trinajstić information content (AvgIpc) is 3.62. The van der Waals surface area contributed by atoms with Crippen molar-refractivity contribution >= 4 is 32.8 Å². The van der Waals surface area contributed by atoms with Crippen LogP contribution in [0.1, 0.15) is 28.7 Å². The molecule has 198 valence electrons. The van der Waals surface area contributed by atoms with Crippen molar-refractivity contribution in [2.45, 2.75) is 23.8 Å². The zero-order valence-electron chi connectivity index (χ0n) is 25.0. The van der Waals surface area contributed by atoms with Crippen molar-refractivity contribution in [1.29, 1.82) is 0 Å². The first kappa shape index (κ1) is 20.5. The highest BCUT2D eigenvalue weighted by molar-refractivity contribution is 7.90. The molecule has 1 amide bonds. The fourth-order valence-corrected chi connectivity index (χ4v) is 6.17. The number of piperidine rings is 1. The van der Waals surface area contributed by atoms with E-state index < -0.39 is 22.0 Å². The van der Waals surface area contributed by atoms with Gasteiger partial charge in [-0.2, -0.15) is 5.10 Å². The summed E-state index contributed by atoms with van der Waals surface area (Å²) in [7, 11) is -2.20.